The van der Waals surface area contributed by atoms with Gasteiger partial charge in [-0.3, -0.25) is 4.98 Å². The van der Waals surface area contributed by atoms with Gasteiger partial charge in [0.25, 0.3) is 5.89 Å². The molecule has 0 aliphatic rings. The van der Waals surface area contributed by atoms with E-state index in [2.05, 4.69) is 36.0 Å². The first-order valence-electron chi connectivity index (χ1n) is 5.39. The second-order valence-corrected chi connectivity index (χ2v) is 4.70. The van der Waals surface area contributed by atoms with Gasteiger partial charge in [0.15, 0.2) is 0 Å². The lowest BCUT2D eigenvalue weighted by Gasteiger charge is -1.98. The summed E-state index contributed by atoms with van der Waals surface area (Å²) in [5.74, 6) is 0.773. The van der Waals surface area contributed by atoms with Crippen LogP contribution in [-0.2, 0) is 0 Å². The van der Waals surface area contributed by atoms with Crippen molar-refractivity contribution in [3.63, 3.8) is 0 Å². The van der Waals surface area contributed by atoms with E-state index in [-0.39, 0.29) is 0 Å². The van der Waals surface area contributed by atoms with Gasteiger partial charge in [-0.05, 0) is 18.2 Å². The van der Waals surface area contributed by atoms with Gasteiger partial charge in [0.1, 0.15) is 5.69 Å². The van der Waals surface area contributed by atoms with Crippen molar-refractivity contribution in [3.05, 3.63) is 41.3 Å². The number of anilines is 1. The van der Waals surface area contributed by atoms with Crippen molar-refractivity contribution < 1.29 is 4.52 Å². The van der Waals surface area contributed by atoms with E-state index >= 15 is 0 Å². The van der Waals surface area contributed by atoms with Crippen LogP contribution in [0.1, 0.15) is 0 Å². The Balaban J connectivity index is 2.02. The zero-order valence-electron chi connectivity index (χ0n) is 9.62. The summed E-state index contributed by atoms with van der Waals surface area (Å²) < 4.78 is 6.06. The molecular formula is C12H8BrN5O. The van der Waals surface area contributed by atoms with Crippen LogP contribution in [0.5, 0.6) is 0 Å². The van der Waals surface area contributed by atoms with Crippen molar-refractivity contribution in [3.8, 4) is 23.0 Å². The van der Waals surface area contributed by atoms with E-state index in [9.17, 15) is 0 Å². The third-order valence-corrected chi connectivity index (χ3v) is 2.84. The van der Waals surface area contributed by atoms with E-state index in [4.69, 9.17) is 10.3 Å². The molecule has 0 fully saturated rings. The van der Waals surface area contributed by atoms with Crippen molar-refractivity contribution in [2.24, 2.45) is 0 Å². The highest BCUT2D eigenvalue weighted by atomic mass is 79.9. The predicted molar refractivity (Wildman–Crippen MR) is 72.9 cm³/mol. The van der Waals surface area contributed by atoms with Gasteiger partial charge in [-0.15, -0.1) is 0 Å². The second kappa shape index (κ2) is 4.77. The number of benzene rings is 1. The maximum atomic E-state index is 5.77. The molecule has 2 heterocycles. The Morgan fingerprint density at radius 3 is 2.79 bits per heavy atom. The van der Waals surface area contributed by atoms with E-state index in [1.165, 1.54) is 0 Å². The molecule has 0 atom stereocenters. The van der Waals surface area contributed by atoms with Crippen LogP contribution < -0.4 is 5.73 Å². The number of nitrogens with zero attached hydrogens (tertiary/aromatic N) is 4. The van der Waals surface area contributed by atoms with Gasteiger partial charge in [0.2, 0.25) is 5.82 Å². The SMILES string of the molecule is Nc1cc(Br)cc(-c2nc(-c3cnccn3)no2)c1. The van der Waals surface area contributed by atoms with E-state index in [1.54, 1.807) is 30.7 Å². The summed E-state index contributed by atoms with van der Waals surface area (Å²) in [7, 11) is 0. The van der Waals surface area contributed by atoms with Crippen LogP contribution in [0.4, 0.5) is 5.69 Å². The van der Waals surface area contributed by atoms with Crippen LogP contribution in [0.3, 0.4) is 0 Å². The van der Waals surface area contributed by atoms with Gasteiger partial charge in [0, 0.05) is 28.1 Å². The average Bonchev–Trinajstić information content (AvgIpc) is 2.88. The van der Waals surface area contributed by atoms with Gasteiger partial charge in [0.05, 0.1) is 6.20 Å². The minimum absolute atomic E-state index is 0.383. The molecule has 7 heteroatoms. The van der Waals surface area contributed by atoms with Gasteiger partial charge in [-0.25, -0.2) is 4.98 Å². The van der Waals surface area contributed by atoms with E-state index in [0.717, 1.165) is 10.0 Å². The van der Waals surface area contributed by atoms with Crippen LogP contribution in [0.2, 0.25) is 0 Å². The fourth-order valence-corrected chi connectivity index (χ4v) is 2.11. The molecule has 3 rings (SSSR count). The van der Waals surface area contributed by atoms with Crippen molar-refractivity contribution in [1.82, 2.24) is 20.1 Å². The summed E-state index contributed by atoms with van der Waals surface area (Å²) in [6, 6.07) is 5.41. The van der Waals surface area contributed by atoms with E-state index in [1.807, 2.05) is 6.07 Å². The molecule has 0 aliphatic heterocycles. The molecule has 1 aromatic carbocycles. The molecule has 94 valence electrons. The first kappa shape index (κ1) is 11.8. The third kappa shape index (κ3) is 2.45. The Hall–Kier alpha value is -2.28. The number of nitrogen functional groups attached to an aromatic ring is 1. The summed E-state index contributed by atoms with van der Waals surface area (Å²) >= 11 is 3.37. The Morgan fingerprint density at radius 1 is 1.16 bits per heavy atom. The molecule has 2 N–H and O–H groups in total. The number of hydrogen-bond donors (Lipinski definition) is 1. The molecule has 0 bridgehead atoms. The maximum absolute atomic E-state index is 5.77. The average molecular weight is 318 g/mol. The third-order valence-electron chi connectivity index (χ3n) is 2.39. The molecule has 0 radical (unpaired) electrons. The summed E-state index contributed by atoms with van der Waals surface area (Å²) in [5.41, 5.74) is 7.69. The second-order valence-electron chi connectivity index (χ2n) is 3.79. The van der Waals surface area contributed by atoms with Crippen LogP contribution in [0.15, 0.2) is 45.8 Å². The van der Waals surface area contributed by atoms with Crippen LogP contribution in [0, 0.1) is 0 Å². The molecular weight excluding hydrogens is 310 g/mol. The summed E-state index contributed by atoms with van der Waals surface area (Å²) in [4.78, 5) is 12.3. The molecule has 2 aromatic heterocycles. The Labute approximate surface area is 116 Å². The number of aromatic nitrogens is 4. The fraction of sp³-hybridized carbons (Fsp3) is 0. The molecule has 0 saturated carbocycles. The largest absolute Gasteiger partial charge is 0.399 e. The summed E-state index contributed by atoms with van der Waals surface area (Å²) in [5, 5.41) is 3.88. The highest BCUT2D eigenvalue weighted by molar-refractivity contribution is 9.10. The number of hydrogen-bond acceptors (Lipinski definition) is 6. The normalized spacial score (nSPS) is 10.6. The molecule has 0 spiro atoms. The van der Waals surface area contributed by atoms with Crippen molar-refractivity contribution in [2.75, 3.05) is 5.73 Å². The van der Waals surface area contributed by atoms with Crippen LogP contribution in [-0.4, -0.2) is 20.1 Å². The quantitative estimate of drug-likeness (QED) is 0.730. The van der Waals surface area contributed by atoms with Gasteiger partial charge < -0.3 is 10.3 Å². The first-order valence-corrected chi connectivity index (χ1v) is 6.18. The highest BCUT2D eigenvalue weighted by Gasteiger charge is 2.12. The van der Waals surface area contributed by atoms with E-state index < -0.39 is 0 Å². The van der Waals surface area contributed by atoms with Gasteiger partial charge >= 0.3 is 0 Å². The monoisotopic (exact) mass is 317 g/mol. The lowest BCUT2D eigenvalue weighted by molar-refractivity contribution is 0.432. The first-order chi connectivity index (χ1) is 9.22. The minimum Gasteiger partial charge on any atom is -0.399 e. The van der Waals surface area contributed by atoms with E-state index in [0.29, 0.717) is 23.1 Å². The predicted octanol–water partition coefficient (Wildman–Crippen LogP) is 2.54. The zero-order chi connectivity index (χ0) is 13.2. The fourth-order valence-electron chi connectivity index (χ4n) is 1.60. The molecule has 0 unspecified atom stereocenters. The van der Waals surface area contributed by atoms with Crippen LogP contribution >= 0.6 is 15.9 Å². The Bertz CT molecular complexity index is 693. The standard InChI is InChI=1S/C12H8BrN5O/c13-8-3-7(4-9(14)5-8)12-17-11(18-19-12)10-6-15-1-2-16-10/h1-6H,14H2. The lowest BCUT2D eigenvalue weighted by atomic mass is 10.2. The zero-order valence-corrected chi connectivity index (χ0v) is 11.2. The molecule has 0 aliphatic carbocycles. The maximum Gasteiger partial charge on any atom is 0.258 e. The molecule has 6 nitrogen and oxygen atoms in total. The Kier molecular flexibility index (Phi) is 2.96. The number of halogens is 1. The number of nitrogens with two attached hydrogens (primary N) is 1. The smallest absolute Gasteiger partial charge is 0.258 e. The molecule has 0 saturated heterocycles. The molecule has 3 aromatic rings. The minimum atomic E-state index is 0.383. The van der Waals surface area contributed by atoms with Gasteiger partial charge in [-0.1, -0.05) is 21.1 Å². The van der Waals surface area contributed by atoms with Crippen molar-refractivity contribution in [2.45, 2.75) is 0 Å². The van der Waals surface area contributed by atoms with Crippen LogP contribution in [0.25, 0.3) is 23.0 Å². The van der Waals surface area contributed by atoms with Crippen molar-refractivity contribution >= 4 is 21.6 Å². The lowest BCUT2D eigenvalue weighted by Crippen LogP contribution is -1.88. The number of rotatable bonds is 2. The Morgan fingerprint density at radius 2 is 2.05 bits per heavy atom. The summed E-state index contributed by atoms with van der Waals surface area (Å²) in [6.45, 7) is 0. The highest BCUT2D eigenvalue weighted by Crippen LogP contribution is 2.26. The summed E-state index contributed by atoms with van der Waals surface area (Å²) in [6.07, 6.45) is 4.73. The molecule has 0 amide bonds. The van der Waals surface area contributed by atoms with Crippen molar-refractivity contribution in [1.29, 1.82) is 0 Å². The topological polar surface area (TPSA) is 90.7 Å². The molecule has 19 heavy (non-hydrogen) atoms. The van der Waals surface area contributed by atoms with Gasteiger partial charge in [-0.2, -0.15) is 4.98 Å².